The van der Waals surface area contributed by atoms with Gasteiger partial charge in [-0.25, -0.2) is 0 Å². The molecule has 82 valence electrons. The molecule has 0 bridgehead atoms. The van der Waals surface area contributed by atoms with Crippen molar-refractivity contribution < 1.29 is 9.53 Å². The van der Waals surface area contributed by atoms with Crippen LogP contribution in [0.15, 0.2) is 34.9 Å². The number of nitriles is 1. The molecular weight excluding hydrogens is 202 g/mol. The molecule has 1 fully saturated rings. The third-order valence-corrected chi connectivity index (χ3v) is 2.88. The number of rotatable bonds is 3. The van der Waals surface area contributed by atoms with Gasteiger partial charge in [-0.3, -0.25) is 0 Å². The number of carbonyl (C=O) groups excluding carboxylic acids is 1. The van der Waals surface area contributed by atoms with Crippen LogP contribution in [0.25, 0.3) is 0 Å². The topological polar surface area (TPSA) is 50.1 Å². The predicted octanol–water partition coefficient (Wildman–Crippen LogP) is 2.07. The summed E-state index contributed by atoms with van der Waals surface area (Å²) in [6.07, 6.45) is 8.71. The van der Waals surface area contributed by atoms with Crippen LogP contribution >= 0.6 is 0 Å². The van der Waals surface area contributed by atoms with E-state index in [2.05, 4.69) is 12.1 Å². The number of hydrogen-bond acceptors (Lipinski definition) is 3. The summed E-state index contributed by atoms with van der Waals surface area (Å²) < 4.78 is 5.62. The maximum absolute atomic E-state index is 10.3. The van der Waals surface area contributed by atoms with Crippen LogP contribution in [0.5, 0.6) is 0 Å². The van der Waals surface area contributed by atoms with Crippen molar-refractivity contribution >= 4 is 6.29 Å². The first kappa shape index (κ1) is 10.8. The van der Waals surface area contributed by atoms with E-state index < -0.39 is 0 Å². The monoisotopic (exact) mass is 215 g/mol. The Balaban J connectivity index is 2.18. The van der Waals surface area contributed by atoms with Gasteiger partial charge in [0.1, 0.15) is 6.29 Å². The summed E-state index contributed by atoms with van der Waals surface area (Å²) in [6, 6.07) is 2.17. The summed E-state index contributed by atoms with van der Waals surface area (Å²) in [6.45, 7) is 0.599. The van der Waals surface area contributed by atoms with Crippen molar-refractivity contribution in [2.45, 2.75) is 25.4 Å². The SMILES string of the molecule is N#CC1=CC=C2C(=CC1)COC2CCC=O. The molecule has 2 aliphatic rings. The van der Waals surface area contributed by atoms with Gasteiger partial charge in [-0.05, 0) is 23.6 Å². The van der Waals surface area contributed by atoms with Gasteiger partial charge in [0.15, 0.2) is 0 Å². The van der Waals surface area contributed by atoms with Gasteiger partial charge in [-0.2, -0.15) is 5.26 Å². The summed E-state index contributed by atoms with van der Waals surface area (Å²) in [5, 5.41) is 8.83. The van der Waals surface area contributed by atoms with Crippen LogP contribution in [0, 0.1) is 11.3 Å². The van der Waals surface area contributed by atoms with E-state index in [1.54, 1.807) is 0 Å². The first-order valence-electron chi connectivity index (χ1n) is 5.40. The van der Waals surface area contributed by atoms with Gasteiger partial charge in [0.25, 0.3) is 0 Å². The Hall–Kier alpha value is -1.66. The molecule has 0 amide bonds. The number of hydrogen-bond donors (Lipinski definition) is 0. The Morgan fingerprint density at radius 3 is 3.19 bits per heavy atom. The largest absolute Gasteiger partial charge is 0.369 e. The van der Waals surface area contributed by atoms with Crippen molar-refractivity contribution in [3.8, 4) is 6.07 Å². The van der Waals surface area contributed by atoms with E-state index in [0.717, 1.165) is 29.4 Å². The average molecular weight is 215 g/mol. The maximum atomic E-state index is 10.3. The standard InChI is InChI=1S/C13H13NO2/c14-8-10-3-5-11-9-16-13(2-1-7-15)12(11)6-4-10/h4-7,13H,1-3,9H2. The summed E-state index contributed by atoms with van der Waals surface area (Å²) in [7, 11) is 0. The molecule has 1 atom stereocenters. The Bertz CT molecular complexity index is 424. The quantitative estimate of drug-likeness (QED) is 0.677. The van der Waals surface area contributed by atoms with Crippen molar-refractivity contribution in [1.29, 1.82) is 5.26 Å². The lowest BCUT2D eigenvalue weighted by atomic mass is 10.0. The highest BCUT2D eigenvalue weighted by Crippen LogP contribution is 2.31. The molecular formula is C13H13NO2. The minimum absolute atomic E-state index is 0.0192. The fourth-order valence-electron chi connectivity index (χ4n) is 1.99. The highest BCUT2D eigenvalue weighted by molar-refractivity contribution is 5.51. The van der Waals surface area contributed by atoms with E-state index in [1.807, 2.05) is 12.2 Å². The summed E-state index contributed by atoms with van der Waals surface area (Å²) in [5.74, 6) is 0. The van der Waals surface area contributed by atoms with Gasteiger partial charge in [-0.1, -0.05) is 12.2 Å². The van der Waals surface area contributed by atoms with Crippen LogP contribution in [0.1, 0.15) is 19.3 Å². The molecule has 0 aromatic rings. The van der Waals surface area contributed by atoms with Crippen molar-refractivity contribution in [2.24, 2.45) is 0 Å². The highest BCUT2D eigenvalue weighted by Gasteiger charge is 2.26. The van der Waals surface area contributed by atoms with Gasteiger partial charge < -0.3 is 9.53 Å². The second kappa shape index (κ2) is 4.91. The fourth-order valence-corrected chi connectivity index (χ4v) is 1.99. The molecule has 2 rings (SSSR count). The number of ether oxygens (including phenoxy) is 1. The summed E-state index contributed by atoms with van der Waals surface area (Å²) >= 11 is 0. The first-order chi connectivity index (χ1) is 7.85. The Kier molecular flexibility index (Phi) is 3.33. The van der Waals surface area contributed by atoms with E-state index in [1.165, 1.54) is 0 Å². The Morgan fingerprint density at radius 1 is 1.56 bits per heavy atom. The molecule has 0 N–H and O–H groups in total. The average Bonchev–Trinajstić information content (AvgIpc) is 2.57. The van der Waals surface area contributed by atoms with Gasteiger partial charge >= 0.3 is 0 Å². The molecule has 1 heterocycles. The lowest BCUT2D eigenvalue weighted by molar-refractivity contribution is -0.108. The molecule has 3 nitrogen and oxygen atoms in total. The summed E-state index contributed by atoms with van der Waals surface area (Å²) in [5.41, 5.74) is 3.06. The zero-order valence-electron chi connectivity index (χ0n) is 8.98. The minimum Gasteiger partial charge on any atom is -0.369 e. The van der Waals surface area contributed by atoms with Crippen LogP contribution in [0.3, 0.4) is 0 Å². The lowest BCUT2D eigenvalue weighted by Crippen LogP contribution is -2.07. The number of allylic oxidation sites excluding steroid dienone is 4. The molecule has 1 unspecified atom stereocenters. The van der Waals surface area contributed by atoms with Gasteiger partial charge in [0.2, 0.25) is 0 Å². The van der Waals surface area contributed by atoms with Crippen molar-refractivity contribution in [3.05, 3.63) is 34.9 Å². The second-order valence-corrected chi connectivity index (χ2v) is 3.90. The smallest absolute Gasteiger partial charge is 0.120 e. The van der Waals surface area contributed by atoms with E-state index >= 15 is 0 Å². The van der Waals surface area contributed by atoms with Crippen molar-refractivity contribution in [2.75, 3.05) is 6.61 Å². The fraction of sp³-hybridized carbons (Fsp3) is 0.385. The number of nitrogens with zero attached hydrogens (tertiary/aromatic N) is 1. The predicted molar refractivity (Wildman–Crippen MR) is 59.5 cm³/mol. The zero-order valence-corrected chi connectivity index (χ0v) is 8.98. The second-order valence-electron chi connectivity index (χ2n) is 3.90. The van der Waals surface area contributed by atoms with E-state index in [4.69, 9.17) is 10.00 Å². The third kappa shape index (κ3) is 2.12. The highest BCUT2D eigenvalue weighted by atomic mass is 16.5. The molecule has 0 aromatic carbocycles. The maximum Gasteiger partial charge on any atom is 0.120 e. The molecule has 3 heteroatoms. The normalized spacial score (nSPS) is 23.4. The number of fused-ring (bicyclic) bond motifs is 1. The molecule has 0 aromatic heterocycles. The lowest BCUT2D eigenvalue weighted by Gasteiger charge is -2.08. The molecule has 0 saturated carbocycles. The number of aldehydes is 1. The van der Waals surface area contributed by atoms with Gasteiger partial charge in [0, 0.05) is 18.4 Å². The van der Waals surface area contributed by atoms with Crippen LogP contribution in [0.2, 0.25) is 0 Å². The minimum atomic E-state index is 0.0192. The first-order valence-corrected chi connectivity index (χ1v) is 5.40. The zero-order chi connectivity index (χ0) is 11.4. The van der Waals surface area contributed by atoms with Crippen LogP contribution in [-0.4, -0.2) is 19.0 Å². The van der Waals surface area contributed by atoms with E-state index in [9.17, 15) is 4.79 Å². The van der Waals surface area contributed by atoms with Crippen LogP contribution in [-0.2, 0) is 9.53 Å². The van der Waals surface area contributed by atoms with Crippen molar-refractivity contribution in [3.63, 3.8) is 0 Å². The van der Waals surface area contributed by atoms with Gasteiger partial charge in [-0.15, -0.1) is 0 Å². The molecule has 1 aliphatic carbocycles. The third-order valence-electron chi connectivity index (χ3n) is 2.88. The number of carbonyl (C=O) groups is 1. The van der Waals surface area contributed by atoms with Gasteiger partial charge in [0.05, 0.1) is 18.8 Å². The van der Waals surface area contributed by atoms with Crippen LogP contribution in [0.4, 0.5) is 0 Å². The molecule has 16 heavy (non-hydrogen) atoms. The van der Waals surface area contributed by atoms with Crippen LogP contribution < -0.4 is 0 Å². The Labute approximate surface area is 94.7 Å². The Morgan fingerprint density at radius 2 is 2.44 bits per heavy atom. The van der Waals surface area contributed by atoms with E-state index in [0.29, 0.717) is 19.4 Å². The molecule has 0 spiro atoms. The molecule has 1 aliphatic heterocycles. The molecule has 0 radical (unpaired) electrons. The van der Waals surface area contributed by atoms with Crippen molar-refractivity contribution in [1.82, 2.24) is 0 Å². The molecule has 1 saturated heterocycles. The summed E-state index contributed by atoms with van der Waals surface area (Å²) in [4.78, 5) is 10.3. The van der Waals surface area contributed by atoms with E-state index in [-0.39, 0.29) is 6.10 Å².